The number of hydrogen-bond acceptors (Lipinski definition) is 4. The summed E-state index contributed by atoms with van der Waals surface area (Å²) in [5, 5.41) is 0. The van der Waals surface area contributed by atoms with Crippen LogP contribution < -0.4 is 15.4 Å². The molecule has 2 amide bonds. The molecule has 2 aromatic carbocycles. The van der Waals surface area contributed by atoms with E-state index in [0.717, 1.165) is 19.4 Å². The molecule has 3 rings (SSSR count). The van der Waals surface area contributed by atoms with Gasteiger partial charge in [0.1, 0.15) is 18.2 Å². The van der Waals surface area contributed by atoms with Crippen molar-refractivity contribution in [3.05, 3.63) is 59.9 Å². The van der Waals surface area contributed by atoms with Crippen molar-refractivity contribution in [2.24, 2.45) is 5.73 Å². The number of carbonyl (C=O) groups is 2. The van der Waals surface area contributed by atoms with E-state index in [1.54, 1.807) is 24.3 Å². The molecule has 7 heteroatoms. The SMILES string of the molecule is NC(=O)CCN(C(=O)c1ccc(OCC2CCCO2)cc1)c1ccc(F)cc1. The number of ether oxygens (including phenoxy) is 2. The van der Waals surface area contributed by atoms with Crippen molar-refractivity contribution in [3.8, 4) is 5.75 Å². The second kappa shape index (κ2) is 9.32. The van der Waals surface area contributed by atoms with E-state index in [9.17, 15) is 14.0 Å². The average Bonchev–Trinajstić information content (AvgIpc) is 3.21. The predicted octanol–water partition coefficient (Wildman–Crippen LogP) is 2.91. The summed E-state index contributed by atoms with van der Waals surface area (Å²) in [5.74, 6) is -0.576. The molecule has 0 bridgehead atoms. The number of hydrogen-bond donors (Lipinski definition) is 1. The number of anilines is 1. The third-order valence-corrected chi connectivity index (χ3v) is 4.53. The maximum Gasteiger partial charge on any atom is 0.258 e. The summed E-state index contributed by atoms with van der Waals surface area (Å²) < 4.78 is 24.4. The fourth-order valence-corrected chi connectivity index (χ4v) is 3.01. The minimum Gasteiger partial charge on any atom is -0.491 e. The molecule has 1 heterocycles. The Morgan fingerprint density at radius 1 is 1.14 bits per heavy atom. The van der Waals surface area contributed by atoms with Gasteiger partial charge >= 0.3 is 0 Å². The van der Waals surface area contributed by atoms with Gasteiger partial charge in [-0.25, -0.2) is 4.39 Å². The van der Waals surface area contributed by atoms with E-state index in [0.29, 0.717) is 23.6 Å². The number of carbonyl (C=O) groups excluding carboxylic acids is 2. The summed E-state index contributed by atoms with van der Waals surface area (Å²) in [4.78, 5) is 25.5. The summed E-state index contributed by atoms with van der Waals surface area (Å²) in [5.41, 5.74) is 6.14. The van der Waals surface area contributed by atoms with E-state index in [-0.39, 0.29) is 25.0 Å². The van der Waals surface area contributed by atoms with Gasteiger partial charge < -0.3 is 20.1 Å². The molecule has 0 spiro atoms. The standard InChI is InChI=1S/C21H23FN2O4/c22-16-5-7-17(8-6-16)24(12-11-20(23)25)21(26)15-3-9-18(10-4-15)28-14-19-2-1-13-27-19/h3-10,19H,1-2,11-14H2,(H2,23,25). The second-order valence-corrected chi connectivity index (χ2v) is 6.62. The third-order valence-electron chi connectivity index (χ3n) is 4.53. The molecule has 6 nitrogen and oxygen atoms in total. The molecule has 0 radical (unpaired) electrons. The van der Waals surface area contributed by atoms with E-state index >= 15 is 0 Å². The number of primary amides is 1. The molecule has 1 saturated heterocycles. The Morgan fingerprint density at radius 3 is 2.46 bits per heavy atom. The van der Waals surface area contributed by atoms with Gasteiger partial charge in [0.15, 0.2) is 0 Å². The number of nitrogens with two attached hydrogens (primary N) is 1. The van der Waals surface area contributed by atoms with Gasteiger partial charge in [0.05, 0.1) is 6.10 Å². The topological polar surface area (TPSA) is 81.9 Å². The van der Waals surface area contributed by atoms with Crippen molar-refractivity contribution >= 4 is 17.5 Å². The Kier molecular flexibility index (Phi) is 6.60. The molecule has 1 unspecified atom stereocenters. The van der Waals surface area contributed by atoms with E-state index < -0.39 is 11.7 Å². The summed E-state index contributed by atoms with van der Waals surface area (Å²) in [6.45, 7) is 1.36. The smallest absolute Gasteiger partial charge is 0.258 e. The minimum atomic E-state index is -0.516. The molecule has 1 aliphatic rings. The molecule has 2 N–H and O–H groups in total. The Morgan fingerprint density at radius 2 is 1.86 bits per heavy atom. The lowest BCUT2D eigenvalue weighted by molar-refractivity contribution is -0.117. The number of rotatable bonds is 8. The summed E-state index contributed by atoms with van der Waals surface area (Å²) in [6.07, 6.45) is 2.16. The zero-order valence-electron chi connectivity index (χ0n) is 15.5. The van der Waals surface area contributed by atoms with E-state index in [4.69, 9.17) is 15.2 Å². The van der Waals surface area contributed by atoms with Gasteiger partial charge in [-0.2, -0.15) is 0 Å². The maximum atomic E-state index is 13.2. The van der Waals surface area contributed by atoms with Gasteiger partial charge in [0.25, 0.3) is 5.91 Å². The van der Waals surface area contributed by atoms with Gasteiger partial charge in [-0.05, 0) is 61.4 Å². The Labute approximate surface area is 163 Å². The lowest BCUT2D eigenvalue weighted by Crippen LogP contribution is -2.34. The van der Waals surface area contributed by atoms with Crippen molar-refractivity contribution in [2.75, 3.05) is 24.7 Å². The molecular weight excluding hydrogens is 363 g/mol. The van der Waals surface area contributed by atoms with Gasteiger partial charge in [0.2, 0.25) is 5.91 Å². The van der Waals surface area contributed by atoms with E-state index in [1.807, 2.05) is 0 Å². The fraction of sp³-hybridized carbons (Fsp3) is 0.333. The van der Waals surface area contributed by atoms with E-state index in [2.05, 4.69) is 0 Å². The predicted molar refractivity (Wildman–Crippen MR) is 103 cm³/mol. The van der Waals surface area contributed by atoms with Gasteiger partial charge in [-0.15, -0.1) is 0 Å². The van der Waals surface area contributed by atoms with Crippen LogP contribution in [0.3, 0.4) is 0 Å². The maximum absolute atomic E-state index is 13.2. The lowest BCUT2D eigenvalue weighted by Gasteiger charge is -2.22. The quantitative estimate of drug-likeness (QED) is 0.756. The number of benzene rings is 2. The van der Waals surface area contributed by atoms with Crippen molar-refractivity contribution < 1.29 is 23.5 Å². The van der Waals surface area contributed by atoms with Gasteiger partial charge in [-0.3, -0.25) is 9.59 Å². The van der Waals surface area contributed by atoms with Gasteiger partial charge in [-0.1, -0.05) is 0 Å². The van der Waals surface area contributed by atoms with E-state index in [1.165, 1.54) is 29.2 Å². The van der Waals surface area contributed by atoms with Crippen molar-refractivity contribution in [3.63, 3.8) is 0 Å². The molecule has 1 atom stereocenters. The largest absolute Gasteiger partial charge is 0.491 e. The van der Waals surface area contributed by atoms with Crippen molar-refractivity contribution in [2.45, 2.75) is 25.4 Å². The minimum absolute atomic E-state index is 0.00565. The Bertz CT molecular complexity index is 802. The highest BCUT2D eigenvalue weighted by molar-refractivity contribution is 6.06. The molecule has 2 aromatic rings. The summed E-state index contributed by atoms with van der Waals surface area (Å²) in [7, 11) is 0. The lowest BCUT2D eigenvalue weighted by atomic mass is 10.1. The molecule has 0 saturated carbocycles. The molecule has 148 valence electrons. The number of nitrogens with zero attached hydrogens (tertiary/aromatic N) is 1. The van der Waals surface area contributed by atoms with Crippen LogP contribution in [0.15, 0.2) is 48.5 Å². The van der Waals surface area contributed by atoms with Crippen LogP contribution >= 0.6 is 0 Å². The second-order valence-electron chi connectivity index (χ2n) is 6.62. The fourth-order valence-electron chi connectivity index (χ4n) is 3.01. The average molecular weight is 386 g/mol. The molecular formula is C21H23FN2O4. The first-order valence-corrected chi connectivity index (χ1v) is 9.23. The first-order chi connectivity index (χ1) is 13.5. The molecule has 0 aromatic heterocycles. The first kappa shape index (κ1) is 19.8. The van der Waals surface area contributed by atoms with Crippen LogP contribution in [0.4, 0.5) is 10.1 Å². The molecule has 0 aliphatic carbocycles. The monoisotopic (exact) mass is 386 g/mol. The van der Waals surface area contributed by atoms with Crippen LogP contribution in [0, 0.1) is 5.82 Å². The third kappa shape index (κ3) is 5.29. The highest BCUT2D eigenvalue weighted by Gasteiger charge is 2.19. The molecule has 1 fully saturated rings. The Hall–Kier alpha value is -2.93. The van der Waals surface area contributed by atoms with Crippen molar-refractivity contribution in [1.82, 2.24) is 0 Å². The highest BCUT2D eigenvalue weighted by atomic mass is 19.1. The molecule has 28 heavy (non-hydrogen) atoms. The van der Waals surface area contributed by atoms with Crippen LogP contribution in [-0.2, 0) is 9.53 Å². The normalized spacial score (nSPS) is 16.0. The Balaban J connectivity index is 1.70. The zero-order chi connectivity index (χ0) is 19.9. The summed E-state index contributed by atoms with van der Waals surface area (Å²) in [6, 6.07) is 12.3. The first-order valence-electron chi connectivity index (χ1n) is 9.23. The van der Waals surface area contributed by atoms with Crippen LogP contribution in [0.1, 0.15) is 29.6 Å². The molecule has 1 aliphatic heterocycles. The van der Waals surface area contributed by atoms with Crippen LogP contribution in [-0.4, -0.2) is 37.7 Å². The number of amides is 2. The van der Waals surface area contributed by atoms with Crippen molar-refractivity contribution in [1.29, 1.82) is 0 Å². The van der Waals surface area contributed by atoms with Crippen LogP contribution in [0.2, 0.25) is 0 Å². The van der Waals surface area contributed by atoms with Gasteiger partial charge in [0, 0.05) is 30.8 Å². The summed E-state index contributed by atoms with van der Waals surface area (Å²) >= 11 is 0. The zero-order valence-corrected chi connectivity index (χ0v) is 15.5. The highest BCUT2D eigenvalue weighted by Crippen LogP contribution is 2.21. The van der Waals surface area contributed by atoms with Crippen LogP contribution in [0.25, 0.3) is 0 Å². The van der Waals surface area contributed by atoms with Crippen LogP contribution in [0.5, 0.6) is 5.75 Å². The number of halogens is 1.